The molecule has 0 saturated carbocycles. The van der Waals surface area contributed by atoms with Crippen molar-refractivity contribution in [1.29, 1.82) is 5.26 Å². The fourth-order valence-corrected chi connectivity index (χ4v) is 2.34. The van der Waals surface area contributed by atoms with Crippen LogP contribution in [0, 0.1) is 11.3 Å². The fourth-order valence-electron chi connectivity index (χ4n) is 1.81. The van der Waals surface area contributed by atoms with Crippen LogP contribution >= 0.6 is 23.2 Å². The topological polar surface area (TPSA) is 74.5 Å². The highest BCUT2D eigenvalue weighted by molar-refractivity contribution is 6.51. The number of ether oxygens (including phenoxy) is 1. The van der Waals surface area contributed by atoms with Crippen molar-refractivity contribution in [2.75, 3.05) is 5.43 Å². The molecule has 0 aliphatic carbocycles. The molecule has 0 saturated heterocycles. The molecule has 0 unspecified atom stereocenters. The van der Waals surface area contributed by atoms with E-state index in [4.69, 9.17) is 28.5 Å². The summed E-state index contributed by atoms with van der Waals surface area (Å²) in [6.45, 7) is 0. The summed E-state index contributed by atoms with van der Waals surface area (Å²) in [4.78, 5) is 12.2. The van der Waals surface area contributed by atoms with E-state index in [9.17, 15) is 18.0 Å². The van der Waals surface area contributed by atoms with Gasteiger partial charge in [0.15, 0.2) is 0 Å². The Labute approximate surface area is 155 Å². The number of benzene rings is 2. The van der Waals surface area contributed by atoms with Gasteiger partial charge in [-0.25, -0.2) is 0 Å². The number of hydrogen-bond donors (Lipinski definition) is 1. The average molecular weight is 402 g/mol. The predicted octanol–water partition coefficient (Wildman–Crippen LogP) is 5.07. The summed E-state index contributed by atoms with van der Waals surface area (Å²) < 4.78 is 40.1. The van der Waals surface area contributed by atoms with Gasteiger partial charge in [-0.05, 0) is 42.5 Å². The van der Waals surface area contributed by atoms with E-state index in [-0.39, 0.29) is 5.56 Å². The van der Waals surface area contributed by atoms with Crippen molar-refractivity contribution in [3.8, 4) is 11.8 Å². The van der Waals surface area contributed by atoms with Crippen LogP contribution in [0.25, 0.3) is 0 Å². The smallest absolute Gasteiger partial charge is 0.406 e. The highest BCUT2D eigenvalue weighted by Crippen LogP contribution is 2.24. The molecule has 0 radical (unpaired) electrons. The molecular weight excluding hydrogens is 394 g/mol. The Morgan fingerprint density at radius 2 is 1.69 bits per heavy atom. The minimum Gasteiger partial charge on any atom is -0.406 e. The maximum absolute atomic E-state index is 12.2. The number of halogens is 5. The van der Waals surface area contributed by atoms with Crippen LogP contribution in [-0.2, 0) is 0 Å². The number of carbonyl (C=O) groups is 1. The van der Waals surface area contributed by atoms with Crippen molar-refractivity contribution in [3.63, 3.8) is 0 Å². The third-order valence-corrected chi connectivity index (χ3v) is 3.27. The lowest BCUT2D eigenvalue weighted by Gasteiger charge is -2.08. The molecule has 2 rings (SSSR count). The predicted molar refractivity (Wildman–Crippen MR) is 90.6 cm³/mol. The standard InChI is InChI=1S/C16H8Cl2F3N3O2/c17-10-5-11(18)7-12(6-10)23-24-14(8-22)15(25)9-1-3-13(4-2-9)26-16(19,20)21/h1-7,23H/b24-14+. The van der Waals surface area contributed by atoms with Gasteiger partial charge in [-0.3, -0.25) is 10.2 Å². The van der Waals surface area contributed by atoms with Crippen LogP contribution in [0.1, 0.15) is 10.4 Å². The highest BCUT2D eigenvalue weighted by Gasteiger charge is 2.31. The van der Waals surface area contributed by atoms with Crippen molar-refractivity contribution in [2.24, 2.45) is 5.10 Å². The van der Waals surface area contributed by atoms with Crippen molar-refractivity contribution in [1.82, 2.24) is 0 Å². The summed E-state index contributed by atoms with van der Waals surface area (Å²) in [7, 11) is 0. The van der Waals surface area contributed by atoms with Crippen LogP contribution in [-0.4, -0.2) is 17.9 Å². The van der Waals surface area contributed by atoms with Gasteiger partial charge in [-0.2, -0.15) is 10.4 Å². The molecular formula is C16H8Cl2F3N3O2. The summed E-state index contributed by atoms with van der Waals surface area (Å²) in [6, 6.07) is 10.1. The molecule has 1 N–H and O–H groups in total. The fraction of sp³-hybridized carbons (Fsp3) is 0.0625. The summed E-state index contributed by atoms with van der Waals surface area (Å²) in [5.74, 6) is -1.28. The van der Waals surface area contributed by atoms with Gasteiger partial charge in [-0.15, -0.1) is 13.2 Å². The van der Waals surface area contributed by atoms with Gasteiger partial charge < -0.3 is 4.74 Å². The SMILES string of the molecule is N#C/C(=N\Nc1cc(Cl)cc(Cl)c1)C(=O)c1ccc(OC(F)(F)F)cc1. The molecule has 0 spiro atoms. The minimum atomic E-state index is -4.84. The first kappa shape index (κ1) is 19.6. The highest BCUT2D eigenvalue weighted by atomic mass is 35.5. The molecule has 0 fully saturated rings. The Morgan fingerprint density at radius 1 is 1.12 bits per heavy atom. The summed E-state index contributed by atoms with van der Waals surface area (Å²) in [5, 5.41) is 13.4. The Bertz CT molecular complexity index is 871. The summed E-state index contributed by atoms with van der Waals surface area (Å²) in [5.41, 5.74) is 2.27. The minimum absolute atomic E-state index is 0.0363. The van der Waals surface area contributed by atoms with E-state index in [1.54, 1.807) is 6.07 Å². The van der Waals surface area contributed by atoms with E-state index < -0.39 is 23.6 Å². The third kappa shape index (κ3) is 5.65. The monoisotopic (exact) mass is 401 g/mol. The average Bonchev–Trinajstić information content (AvgIpc) is 2.53. The first-order valence-electron chi connectivity index (χ1n) is 6.78. The molecule has 0 amide bonds. The largest absolute Gasteiger partial charge is 0.573 e. The molecule has 26 heavy (non-hydrogen) atoms. The maximum Gasteiger partial charge on any atom is 0.573 e. The Kier molecular flexibility index (Phi) is 6.08. The van der Waals surface area contributed by atoms with Crippen LogP contribution < -0.4 is 10.2 Å². The van der Waals surface area contributed by atoms with Crippen LogP contribution in [0.3, 0.4) is 0 Å². The number of anilines is 1. The van der Waals surface area contributed by atoms with Crippen LogP contribution in [0.2, 0.25) is 10.0 Å². The van der Waals surface area contributed by atoms with Crippen molar-refractivity contribution in [3.05, 3.63) is 58.1 Å². The first-order chi connectivity index (χ1) is 12.2. The summed E-state index contributed by atoms with van der Waals surface area (Å²) in [6.07, 6.45) is -4.84. The number of carbonyl (C=O) groups excluding carboxylic acids is 1. The third-order valence-electron chi connectivity index (χ3n) is 2.83. The second kappa shape index (κ2) is 8.08. The van der Waals surface area contributed by atoms with Gasteiger partial charge in [0.25, 0.3) is 0 Å². The molecule has 0 aliphatic rings. The number of nitrogens with zero attached hydrogens (tertiary/aromatic N) is 2. The summed E-state index contributed by atoms with van der Waals surface area (Å²) >= 11 is 11.6. The van der Waals surface area contributed by atoms with E-state index in [1.165, 1.54) is 18.2 Å². The number of Topliss-reactive ketones (excluding diaryl/α,β-unsaturated/α-hetero) is 1. The second-order valence-electron chi connectivity index (χ2n) is 4.74. The maximum atomic E-state index is 12.2. The van der Waals surface area contributed by atoms with Crippen LogP contribution in [0.5, 0.6) is 5.75 Å². The van der Waals surface area contributed by atoms with Crippen molar-refractivity contribution < 1.29 is 22.7 Å². The number of nitriles is 1. The molecule has 5 nitrogen and oxygen atoms in total. The molecule has 0 atom stereocenters. The zero-order valence-corrected chi connectivity index (χ0v) is 14.2. The molecule has 10 heteroatoms. The molecule has 2 aromatic carbocycles. The molecule has 0 aromatic heterocycles. The number of alkyl halides is 3. The van der Waals surface area contributed by atoms with Crippen LogP contribution in [0.15, 0.2) is 47.6 Å². The first-order valence-corrected chi connectivity index (χ1v) is 7.54. The normalized spacial score (nSPS) is 11.6. The zero-order chi connectivity index (χ0) is 19.3. The molecule has 0 heterocycles. The van der Waals surface area contributed by atoms with E-state index in [0.717, 1.165) is 24.3 Å². The molecule has 0 bridgehead atoms. The van der Waals surface area contributed by atoms with E-state index in [2.05, 4.69) is 15.3 Å². The number of nitrogens with one attached hydrogen (secondary N) is 1. The zero-order valence-electron chi connectivity index (χ0n) is 12.6. The second-order valence-corrected chi connectivity index (χ2v) is 5.62. The lowest BCUT2D eigenvalue weighted by molar-refractivity contribution is -0.274. The Morgan fingerprint density at radius 3 is 2.19 bits per heavy atom. The van der Waals surface area contributed by atoms with E-state index >= 15 is 0 Å². The van der Waals surface area contributed by atoms with Gasteiger partial charge in [0, 0.05) is 15.6 Å². The van der Waals surface area contributed by atoms with Crippen molar-refractivity contribution >= 4 is 40.4 Å². The number of hydrazone groups is 1. The lowest BCUT2D eigenvalue weighted by Crippen LogP contribution is -2.17. The van der Waals surface area contributed by atoms with Gasteiger partial charge in [0.05, 0.1) is 5.69 Å². The molecule has 0 aliphatic heterocycles. The van der Waals surface area contributed by atoms with E-state index in [1.807, 2.05) is 0 Å². The molecule has 2 aromatic rings. The van der Waals surface area contributed by atoms with Gasteiger partial charge in [0.1, 0.15) is 11.8 Å². The number of hydrogen-bond acceptors (Lipinski definition) is 5. The molecule has 134 valence electrons. The van der Waals surface area contributed by atoms with Gasteiger partial charge >= 0.3 is 6.36 Å². The number of ketones is 1. The van der Waals surface area contributed by atoms with E-state index in [0.29, 0.717) is 15.7 Å². The van der Waals surface area contributed by atoms with Crippen LogP contribution in [0.4, 0.5) is 18.9 Å². The Hall–Kier alpha value is -2.76. The van der Waals surface area contributed by atoms with Crippen molar-refractivity contribution in [2.45, 2.75) is 6.36 Å². The lowest BCUT2D eigenvalue weighted by atomic mass is 10.1. The van der Waals surface area contributed by atoms with Gasteiger partial charge in [0.2, 0.25) is 11.5 Å². The quantitative estimate of drug-likeness (QED) is 0.431. The Balaban J connectivity index is 2.16. The van der Waals surface area contributed by atoms with Gasteiger partial charge in [-0.1, -0.05) is 23.2 Å². The number of rotatable bonds is 5.